The lowest BCUT2D eigenvalue weighted by atomic mass is 10.0. The van der Waals surface area contributed by atoms with Gasteiger partial charge in [-0.25, -0.2) is 0 Å². The minimum atomic E-state index is -0.420. The second-order valence-corrected chi connectivity index (χ2v) is 5.44. The number of amides is 1. The zero-order valence-corrected chi connectivity index (χ0v) is 12.7. The fourth-order valence-corrected chi connectivity index (χ4v) is 2.87. The summed E-state index contributed by atoms with van der Waals surface area (Å²) in [7, 11) is 0. The van der Waals surface area contributed by atoms with Crippen LogP contribution in [0, 0.1) is 0 Å². The van der Waals surface area contributed by atoms with Gasteiger partial charge in [0.2, 0.25) is 0 Å². The standard InChI is InChI=1S/C18H18N2O3/c21-13-15(14-7-3-1-4-8-14)20-12-9-16(22)17(18(20)23)19-10-5-2-6-11-19/h1-8,10-11,15,21H,9,12-13H2/p+1/t15-/m0/s1. The van der Waals surface area contributed by atoms with Crippen LogP contribution in [0.4, 0.5) is 0 Å². The van der Waals surface area contributed by atoms with Crippen LogP contribution in [0.2, 0.25) is 0 Å². The van der Waals surface area contributed by atoms with Crippen molar-refractivity contribution in [2.75, 3.05) is 13.2 Å². The molecule has 5 nitrogen and oxygen atoms in total. The maximum Gasteiger partial charge on any atom is 0.323 e. The molecule has 0 radical (unpaired) electrons. The van der Waals surface area contributed by atoms with Gasteiger partial charge in [0.05, 0.1) is 12.6 Å². The number of aromatic nitrogens is 1. The first kappa shape index (κ1) is 15.2. The van der Waals surface area contributed by atoms with Gasteiger partial charge >= 0.3 is 11.6 Å². The van der Waals surface area contributed by atoms with Crippen molar-refractivity contribution < 1.29 is 19.6 Å². The SMILES string of the molecule is O=C1C([n+]2ccccc2)=C(O)CCN1[C@@H](CO)c1ccccc1. The van der Waals surface area contributed by atoms with Crippen molar-refractivity contribution in [1.29, 1.82) is 0 Å². The molecule has 1 aliphatic rings. The van der Waals surface area contributed by atoms with Gasteiger partial charge in [0, 0.05) is 25.1 Å². The number of carbonyl (C=O) groups excluding carboxylic acids is 1. The number of carbonyl (C=O) groups is 1. The fourth-order valence-electron chi connectivity index (χ4n) is 2.87. The Balaban J connectivity index is 1.96. The molecular weight excluding hydrogens is 292 g/mol. The molecule has 2 aromatic rings. The normalized spacial score (nSPS) is 16.6. The molecule has 0 bridgehead atoms. The lowest BCUT2D eigenvalue weighted by Crippen LogP contribution is -2.49. The largest absolute Gasteiger partial charge is 0.506 e. The van der Waals surface area contributed by atoms with Crippen molar-refractivity contribution in [3.05, 3.63) is 72.2 Å². The van der Waals surface area contributed by atoms with Crippen LogP contribution in [0.1, 0.15) is 18.0 Å². The average molecular weight is 311 g/mol. The molecule has 0 saturated carbocycles. The highest BCUT2D eigenvalue weighted by atomic mass is 16.3. The molecule has 3 rings (SSSR count). The topological polar surface area (TPSA) is 64.7 Å². The predicted octanol–water partition coefficient (Wildman–Crippen LogP) is 1.67. The van der Waals surface area contributed by atoms with Crippen LogP contribution in [-0.2, 0) is 4.79 Å². The van der Waals surface area contributed by atoms with E-state index in [1.807, 2.05) is 36.4 Å². The Hall–Kier alpha value is -2.66. The van der Waals surface area contributed by atoms with E-state index in [1.54, 1.807) is 34.0 Å². The third-order valence-electron chi connectivity index (χ3n) is 4.03. The van der Waals surface area contributed by atoms with E-state index >= 15 is 0 Å². The summed E-state index contributed by atoms with van der Waals surface area (Å²) in [6, 6.07) is 14.5. The van der Waals surface area contributed by atoms with Crippen LogP contribution in [0.5, 0.6) is 0 Å². The first-order valence-electron chi connectivity index (χ1n) is 7.58. The van der Waals surface area contributed by atoms with Gasteiger partial charge < -0.3 is 15.1 Å². The van der Waals surface area contributed by atoms with E-state index < -0.39 is 6.04 Å². The Kier molecular flexibility index (Phi) is 4.39. The number of aliphatic hydroxyl groups excluding tert-OH is 2. The summed E-state index contributed by atoms with van der Waals surface area (Å²) < 4.78 is 1.61. The number of hydrogen-bond donors (Lipinski definition) is 2. The molecule has 2 heterocycles. The van der Waals surface area contributed by atoms with E-state index in [2.05, 4.69) is 0 Å². The molecule has 0 spiro atoms. The van der Waals surface area contributed by atoms with E-state index in [-0.39, 0.29) is 24.0 Å². The molecule has 2 N–H and O–H groups in total. The minimum Gasteiger partial charge on any atom is -0.506 e. The molecule has 1 amide bonds. The number of hydrogen-bond acceptors (Lipinski definition) is 3. The molecule has 0 unspecified atom stereocenters. The van der Waals surface area contributed by atoms with Gasteiger partial charge in [0.1, 0.15) is 0 Å². The van der Waals surface area contributed by atoms with Gasteiger partial charge in [-0.3, -0.25) is 4.79 Å². The van der Waals surface area contributed by atoms with E-state index in [1.165, 1.54) is 0 Å². The summed E-state index contributed by atoms with van der Waals surface area (Å²) in [4.78, 5) is 14.5. The summed E-state index contributed by atoms with van der Waals surface area (Å²) in [5, 5.41) is 20.0. The number of rotatable bonds is 4. The maximum absolute atomic E-state index is 12.9. The van der Waals surface area contributed by atoms with Gasteiger partial charge in [0.25, 0.3) is 0 Å². The van der Waals surface area contributed by atoms with Crippen molar-refractivity contribution >= 4 is 11.6 Å². The summed E-state index contributed by atoms with van der Waals surface area (Å²) in [6.45, 7) is 0.213. The van der Waals surface area contributed by atoms with Crippen LogP contribution < -0.4 is 4.57 Å². The monoisotopic (exact) mass is 311 g/mol. The molecular formula is C18H19N2O3+. The Morgan fingerprint density at radius 2 is 1.74 bits per heavy atom. The highest BCUT2D eigenvalue weighted by molar-refractivity contribution is 6.11. The third-order valence-corrected chi connectivity index (χ3v) is 4.03. The van der Waals surface area contributed by atoms with Crippen LogP contribution in [0.15, 0.2) is 66.7 Å². The summed E-state index contributed by atoms with van der Waals surface area (Å²) in [5.41, 5.74) is 1.12. The molecule has 0 aliphatic carbocycles. The molecule has 23 heavy (non-hydrogen) atoms. The van der Waals surface area contributed by atoms with E-state index in [0.29, 0.717) is 13.0 Å². The minimum absolute atomic E-state index is 0.0761. The number of nitrogens with zero attached hydrogens (tertiary/aromatic N) is 2. The van der Waals surface area contributed by atoms with E-state index in [0.717, 1.165) is 5.56 Å². The Labute approximate surface area is 134 Å². The fraction of sp³-hybridized carbons (Fsp3) is 0.222. The third kappa shape index (κ3) is 2.96. The van der Waals surface area contributed by atoms with Crippen LogP contribution in [0.3, 0.4) is 0 Å². The lowest BCUT2D eigenvalue weighted by molar-refractivity contribution is -0.579. The number of benzene rings is 1. The number of pyridine rings is 1. The summed E-state index contributed by atoms with van der Waals surface area (Å²) >= 11 is 0. The van der Waals surface area contributed by atoms with Crippen LogP contribution >= 0.6 is 0 Å². The van der Waals surface area contributed by atoms with Crippen LogP contribution in [0.25, 0.3) is 5.70 Å². The van der Waals surface area contributed by atoms with Crippen molar-refractivity contribution in [3.63, 3.8) is 0 Å². The Morgan fingerprint density at radius 3 is 2.39 bits per heavy atom. The number of aliphatic hydroxyl groups is 2. The molecule has 1 aromatic carbocycles. The van der Waals surface area contributed by atoms with Gasteiger partial charge in [0.15, 0.2) is 18.2 Å². The molecule has 0 fully saturated rings. The van der Waals surface area contributed by atoms with Gasteiger partial charge in [-0.1, -0.05) is 36.4 Å². The summed E-state index contributed by atoms with van der Waals surface area (Å²) in [5.74, 6) is -0.208. The smallest absolute Gasteiger partial charge is 0.323 e. The summed E-state index contributed by atoms with van der Waals surface area (Å²) in [6.07, 6.45) is 3.82. The van der Waals surface area contributed by atoms with Crippen molar-refractivity contribution in [2.45, 2.75) is 12.5 Å². The predicted molar refractivity (Wildman–Crippen MR) is 85.1 cm³/mol. The van der Waals surface area contributed by atoms with Crippen molar-refractivity contribution in [1.82, 2.24) is 4.90 Å². The Morgan fingerprint density at radius 1 is 1.09 bits per heavy atom. The molecule has 1 aliphatic heterocycles. The average Bonchev–Trinajstić information content (AvgIpc) is 2.59. The van der Waals surface area contributed by atoms with E-state index in [9.17, 15) is 15.0 Å². The zero-order chi connectivity index (χ0) is 16.2. The lowest BCUT2D eigenvalue weighted by Gasteiger charge is -2.32. The second kappa shape index (κ2) is 6.62. The maximum atomic E-state index is 12.9. The molecule has 0 saturated heterocycles. The van der Waals surface area contributed by atoms with E-state index in [4.69, 9.17) is 0 Å². The van der Waals surface area contributed by atoms with Crippen LogP contribution in [-0.4, -0.2) is 34.2 Å². The zero-order valence-electron chi connectivity index (χ0n) is 12.7. The second-order valence-electron chi connectivity index (χ2n) is 5.44. The quantitative estimate of drug-likeness (QED) is 0.844. The van der Waals surface area contributed by atoms with Crippen molar-refractivity contribution in [3.8, 4) is 0 Å². The van der Waals surface area contributed by atoms with Gasteiger partial charge in [-0.05, 0) is 5.56 Å². The highest BCUT2D eigenvalue weighted by Gasteiger charge is 2.38. The highest BCUT2D eigenvalue weighted by Crippen LogP contribution is 2.27. The molecule has 5 heteroatoms. The Bertz CT molecular complexity index is 714. The van der Waals surface area contributed by atoms with Gasteiger partial charge in [-0.15, -0.1) is 0 Å². The molecule has 1 atom stereocenters. The van der Waals surface area contributed by atoms with Gasteiger partial charge in [-0.2, -0.15) is 4.57 Å². The molecule has 1 aromatic heterocycles. The first-order chi connectivity index (χ1) is 11.2. The first-order valence-corrected chi connectivity index (χ1v) is 7.58. The molecule has 118 valence electrons. The van der Waals surface area contributed by atoms with Crippen molar-refractivity contribution in [2.24, 2.45) is 0 Å².